The Hall–Kier alpha value is -0.590. The molecule has 1 atom stereocenters. The molecule has 76 valence electrons. The molecule has 1 heterocycles. The van der Waals surface area contributed by atoms with Gasteiger partial charge in [0, 0.05) is 19.5 Å². The fourth-order valence-corrected chi connectivity index (χ4v) is 1.45. The Bertz CT molecular complexity index is 163. The van der Waals surface area contributed by atoms with Crippen LogP contribution in [0.5, 0.6) is 0 Å². The molecule has 1 N–H and O–H groups in total. The normalized spacial score (nSPS) is 23.2. The third-order valence-electron chi connectivity index (χ3n) is 2.16. The maximum absolute atomic E-state index is 9.29. The molecule has 1 aliphatic rings. The Morgan fingerprint density at radius 2 is 2.08 bits per heavy atom. The van der Waals surface area contributed by atoms with Crippen molar-refractivity contribution in [2.45, 2.75) is 45.8 Å². The van der Waals surface area contributed by atoms with Gasteiger partial charge in [-0.25, -0.2) is 0 Å². The highest BCUT2D eigenvalue weighted by Crippen LogP contribution is 2.11. The minimum Gasteiger partial charge on any atom is -0.392 e. The van der Waals surface area contributed by atoms with Gasteiger partial charge in [-0.2, -0.15) is 5.26 Å². The van der Waals surface area contributed by atoms with Crippen LogP contribution in [0.3, 0.4) is 0 Å². The number of likely N-dealkylation sites (tertiary alicyclic amines) is 1. The van der Waals surface area contributed by atoms with E-state index in [-0.39, 0.29) is 6.10 Å². The molecule has 0 aromatic carbocycles. The Morgan fingerprint density at radius 1 is 1.54 bits per heavy atom. The molecule has 3 nitrogen and oxygen atoms in total. The summed E-state index contributed by atoms with van der Waals surface area (Å²) in [5.41, 5.74) is 0. The summed E-state index contributed by atoms with van der Waals surface area (Å²) in [5.74, 6) is 0. The summed E-state index contributed by atoms with van der Waals surface area (Å²) in [6, 6.07) is 2.34. The van der Waals surface area contributed by atoms with Crippen molar-refractivity contribution in [2.24, 2.45) is 0 Å². The smallest absolute Gasteiger partial charge is 0.0667 e. The van der Waals surface area contributed by atoms with Crippen molar-refractivity contribution in [1.29, 1.82) is 5.26 Å². The van der Waals surface area contributed by atoms with Gasteiger partial charge >= 0.3 is 0 Å². The van der Waals surface area contributed by atoms with E-state index < -0.39 is 0 Å². The van der Waals surface area contributed by atoms with Crippen LogP contribution in [0.2, 0.25) is 0 Å². The van der Waals surface area contributed by atoms with E-state index in [2.05, 4.69) is 18.7 Å². The van der Waals surface area contributed by atoms with E-state index in [0.717, 1.165) is 25.9 Å². The van der Waals surface area contributed by atoms with E-state index in [1.165, 1.54) is 6.92 Å². The molecular formula is C10H20N2O. The zero-order chi connectivity index (χ0) is 10.3. The van der Waals surface area contributed by atoms with E-state index in [4.69, 9.17) is 5.26 Å². The van der Waals surface area contributed by atoms with Crippen molar-refractivity contribution in [1.82, 2.24) is 4.90 Å². The topological polar surface area (TPSA) is 47.3 Å². The van der Waals surface area contributed by atoms with E-state index in [9.17, 15) is 5.11 Å². The van der Waals surface area contributed by atoms with E-state index in [1.807, 2.05) is 0 Å². The largest absolute Gasteiger partial charge is 0.392 e. The van der Waals surface area contributed by atoms with Crippen molar-refractivity contribution in [2.75, 3.05) is 13.1 Å². The maximum Gasteiger partial charge on any atom is 0.0667 e. The molecule has 1 fully saturated rings. The van der Waals surface area contributed by atoms with Gasteiger partial charge in [0.25, 0.3) is 0 Å². The number of aliphatic hydroxyl groups is 1. The van der Waals surface area contributed by atoms with Gasteiger partial charge in [-0.05, 0) is 33.2 Å². The lowest BCUT2D eigenvalue weighted by atomic mass is 10.1. The molecule has 0 spiro atoms. The van der Waals surface area contributed by atoms with Crippen LogP contribution in [0.4, 0.5) is 0 Å². The van der Waals surface area contributed by atoms with E-state index in [0.29, 0.717) is 6.04 Å². The number of hydrogen-bond acceptors (Lipinski definition) is 3. The zero-order valence-electron chi connectivity index (χ0n) is 8.82. The summed E-state index contributed by atoms with van der Waals surface area (Å²) < 4.78 is 0. The number of nitrogens with zero attached hydrogens (tertiary/aromatic N) is 2. The van der Waals surface area contributed by atoms with Crippen LogP contribution >= 0.6 is 0 Å². The molecule has 0 aromatic rings. The molecule has 0 saturated carbocycles. The summed E-state index contributed by atoms with van der Waals surface area (Å²) in [4.78, 5) is 2.33. The Morgan fingerprint density at radius 3 is 2.38 bits per heavy atom. The number of rotatable bonds is 1. The van der Waals surface area contributed by atoms with Gasteiger partial charge in [-0.15, -0.1) is 0 Å². The SMILES string of the molecule is CC#N.CC(C)N1CCCC(O)C1. The van der Waals surface area contributed by atoms with E-state index >= 15 is 0 Å². The fraction of sp³-hybridized carbons (Fsp3) is 0.900. The molecular weight excluding hydrogens is 164 g/mol. The minimum atomic E-state index is -0.0730. The highest BCUT2D eigenvalue weighted by atomic mass is 16.3. The molecule has 1 aliphatic heterocycles. The summed E-state index contributed by atoms with van der Waals surface area (Å²) in [6.45, 7) is 7.82. The van der Waals surface area contributed by atoms with Crippen molar-refractivity contribution in [3.63, 3.8) is 0 Å². The number of aliphatic hydroxyl groups excluding tert-OH is 1. The number of β-amino-alcohol motifs (C(OH)–C–C–N with tert-alkyl or cyclic N) is 1. The molecule has 0 bridgehead atoms. The maximum atomic E-state index is 9.29. The van der Waals surface area contributed by atoms with Crippen molar-refractivity contribution in [3.8, 4) is 6.07 Å². The van der Waals surface area contributed by atoms with Crippen molar-refractivity contribution >= 4 is 0 Å². The third kappa shape index (κ3) is 5.62. The van der Waals surface area contributed by atoms with Crippen LogP contribution in [0.1, 0.15) is 33.6 Å². The third-order valence-corrected chi connectivity index (χ3v) is 2.16. The second-order valence-corrected chi connectivity index (χ2v) is 3.61. The van der Waals surface area contributed by atoms with E-state index in [1.54, 1.807) is 6.07 Å². The summed E-state index contributed by atoms with van der Waals surface area (Å²) >= 11 is 0. The highest BCUT2D eigenvalue weighted by Gasteiger charge is 2.18. The van der Waals surface area contributed by atoms with Gasteiger partial charge in [0.1, 0.15) is 0 Å². The summed E-state index contributed by atoms with van der Waals surface area (Å²) in [5, 5.41) is 16.6. The first-order valence-electron chi connectivity index (χ1n) is 4.84. The molecule has 0 aromatic heterocycles. The van der Waals surface area contributed by atoms with Gasteiger partial charge in [0.05, 0.1) is 12.2 Å². The second-order valence-electron chi connectivity index (χ2n) is 3.61. The van der Waals surface area contributed by atoms with Gasteiger partial charge in [-0.3, -0.25) is 4.90 Å². The molecule has 3 heteroatoms. The molecule has 1 rings (SSSR count). The first kappa shape index (κ1) is 12.4. The number of hydrogen-bond donors (Lipinski definition) is 1. The predicted molar refractivity (Wildman–Crippen MR) is 53.2 cm³/mol. The van der Waals surface area contributed by atoms with Crippen LogP contribution in [-0.4, -0.2) is 35.2 Å². The zero-order valence-corrected chi connectivity index (χ0v) is 8.82. The standard InChI is InChI=1S/C8H17NO.C2H3N/c1-7(2)9-5-3-4-8(10)6-9;1-2-3/h7-8,10H,3-6H2,1-2H3;1H3. The predicted octanol–water partition coefficient (Wildman–Crippen LogP) is 1.38. The van der Waals surface area contributed by atoms with Gasteiger partial charge in [-0.1, -0.05) is 0 Å². The highest BCUT2D eigenvalue weighted by molar-refractivity contribution is 4.73. The van der Waals surface area contributed by atoms with Gasteiger partial charge in [0.15, 0.2) is 0 Å². The lowest BCUT2D eigenvalue weighted by molar-refractivity contribution is 0.0547. The van der Waals surface area contributed by atoms with Crippen LogP contribution in [-0.2, 0) is 0 Å². The van der Waals surface area contributed by atoms with Crippen LogP contribution < -0.4 is 0 Å². The lowest BCUT2D eigenvalue weighted by Crippen LogP contribution is -2.42. The molecule has 0 aliphatic carbocycles. The average Bonchev–Trinajstić information content (AvgIpc) is 2.05. The molecule has 1 saturated heterocycles. The quantitative estimate of drug-likeness (QED) is 0.669. The lowest BCUT2D eigenvalue weighted by Gasteiger charge is -2.32. The van der Waals surface area contributed by atoms with Crippen molar-refractivity contribution in [3.05, 3.63) is 0 Å². The first-order valence-corrected chi connectivity index (χ1v) is 4.84. The molecule has 13 heavy (non-hydrogen) atoms. The number of nitriles is 1. The monoisotopic (exact) mass is 184 g/mol. The van der Waals surface area contributed by atoms with Crippen LogP contribution in [0.25, 0.3) is 0 Å². The van der Waals surface area contributed by atoms with Gasteiger partial charge < -0.3 is 5.11 Å². The van der Waals surface area contributed by atoms with Crippen LogP contribution in [0, 0.1) is 11.3 Å². The average molecular weight is 184 g/mol. The Labute approximate surface area is 81.0 Å². The number of piperidine rings is 1. The van der Waals surface area contributed by atoms with Gasteiger partial charge in [0.2, 0.25) is 0 Å². The summed E-state index contributed by atoms with van der Waals surface area (Å²) in [7, 11) is 0. The molecule has 1 unspecified atom stereocenters. The fourth-order valence-electron chi connectivity index (χ4n) is 1.45. The minimum absolute atomic E-state index is 0.0730. The second kappa shape index (κ2) is 6.88. The van der Waals surface area contributed by atoms with Crippen LogP contribution in [0.15, 0.2) is 0 Å². The Balaban J connectivity index is 0.000000424. The summed E-state index contributed by atoms with van der Waals surface area (Å²) in [6.07, 6.45) is 2.07. The Kier molecular flexibility index (Phi) is 6.56. The first-order chi connectivity index (χ1) is 6.11. The molecule has 0 radical (unpaired) electrons. The van der Waals surface area contributed by atoms with Crippen molar-refractivity contribution < 1.29 is 5.11 Å². The molecule has 0 amide bonds.